The molecular weight excluding hydrogens is 1110 g/mol. The molecule has 0 aliphatic heterocycles. The maximum Gasteiger partial charge on any atom is 0 e. The maximum absolute atomic E-state index is 9.88. The van der Waals surface area contributed by atoms with Crippen LogP contribution in [0.15, 0.2) is 84.9 Å². The Labute approximate surface area is 485 Å². The Hall–Kier alpha value is -3.87. The van der Waals surface area contributed by atoms with Crippen LogP contribution in [0.3, 0.4) is 0 Å². The van der Waals surface area contributed by atoms with Gasteiger partial charge in [0, 0.05) is 26.2 Å². The van der Waals surface area contributed by atoms with E-state index in [2.05, 4.69) is 146 Å². The molecule has 0 bridgehead atoms. The molecule has 398 valence electrons. The van der Waals surface area contributed by atoms with Crippen LogP contribution in [-0.2, 0) is 56.6 Å². The summed E-state index contributed by atoms with van der Waals surface area (Å²) in [6, 6.07) is 26.6. The minimum atomic E-state index is -0.826. The minimum Gasteiger partial charge on any atom is 0 e. The second kappa shape index (κ2) is 37.0. The van der Waals surface area contributed by atoms with Gasteiger partial charge in [-0.1, -0.05) is 92.0 Å². The van der Waals surface area contributed by atoms with E-state index in [4.69, 9.17) is 38.3 Å². The van der Waals surface area contributed by atoms with Gasteiger partial charge in [0.1, 0.15) is 0 Å². The van der Waals surface area contributed by atoms with Gasteiger partial charge in [-0.3, -0.25) is 0 Å². The summed E-state index contributed by atoms with van der Waals surface area (Å²) in [5.41, 5.74) is 27.0. The van der Waals surface area contributed by atoms with Crippen molar-refractivity contribution in [1.82, 2.24) is 10.6 Å². The van der Waals surface area contributed by atoms with Crippen LogP contribution >= 0.6 is 17.0 Å². The summed E-state index contributed by atoms with van der Waals surface area (Å²) in [6.07, 6.45) is 3.55. The summed E-state index contributed by atoms with van der Waals surface area (Å²) in [7, 11) is 9.87. The average molecular weight is 1190 g/mol. The van der Waals surface area contributed by atoms with E-state index in [0.29, 0.717) is 11.1 Å². The van der Waals surface area contributed by atoms with Crippen molar-refractivity contribution in [2.75, 3.05) is 52.4 Å². The predicted molar refractivity (Wildman–Crippen MR) is 313 cm³/mol. The molecular formula is C62H80Cl2N6O2Zr2-6. The van der Waals surface area contributed by atoms with Crippen LogP contribution in [0.5, 0.6) is 0 Å². The van der Waals surface area contributed by atoms with E-state index in [1.165, 1.54) is 100 Å². The molecule has 0 aliphatic rings. The fourth-order valence-electron chi connectivity index (χ4n) is 8.53. The van der Waals surface area contributed by atoms with Crippen LogP contribution in [0.25, 0.3) is 21.3 Å². The van der Waals surface area contributed by atoms with Gasteiger partial charge in [0.05, 0.1) is 12.6 Å². The second-order valence-corrected chi connectivity index (χ2v) is 22.2. The first-order valence-electron chi connectivity index (χ1n) is 25.0. The topological polar surface area (TPSA) is 115 Å². The van der Waals surface area contributed by atoms with Crippen molar-refractivity contribution < 1.29 is 56.6 Å². The van der Waals surface area contributed by atoms with Gasteiger partial charge in [0.25, 0.3) is 0 Å². The summed E-state index contributed by atoms with van der Waals surface area (Å²) in [5, 5.41) is 26.2. The molecule has 6 aromatic carbocycles. The Kier molecular flexibility index (Phi) is 34.1. The number of nitrogens with zero attached hydrogens (tertiary/aromatic N) is 4. The molecule has 0 heterocycles. The summed E-state index contributed by atoms with van der Waals surface area (Å²) >= 11 is -0.826. The quantitative estimate of drug-likeness (QED) is 0.0659. The average Bonchev–Trinajstić information content (AvgIpc) is 3.37. The Morgan fingerprint density at radius 3 is 0.811 bits per heavy atom. The van der Waals surface area contributed by atoms with Crippen LogP contribution in [0, 0.1) is 111 Å². The van der Waals surface area contributed by atoms with Crippen molar-refractivity contribution in [1.29, 1.82) is 0 Å². The number of hydrogen-bond acceptors (Lipinski definition) is 4. The first kappa shape index (κ1) is 68.1. The third kappa shape index (κ3) is 22.8. The molecule has 0 spiro atoms. The fourth-order valence-corrected chi connectivity index (χ4v) is 8.53. The number of hydrogen-bond donors (Lipinski definition) is 2. The number of nitrogens with one attached hydrogen (secondary N) is 2. The van der Waals surface area contributed by atoms with E-state index in [1.807, 2.05) is 12.1 Å². The number of rotatable bonds is 18. The molecule has 0 unspecified atom stereocenters. The molecule has 8 nitrogen and oxygen atoms in total. The van der Waals surface area contributed by atoms with Gasteiger partial charge in [-0.15, -0.1) is 73.2 Å². The zero-order chi connectivity index (χ0) is 54.6. The predicted octanol–water partition coefficient (Wildman–Crippen LogP) is 16.6. The molecule has 6 aromatic rings. The molecule has 74 heavy (non-hydrogen) atoms. The van der Waals surface area contributed by atoms with Crippen molar-refractivity contribution in [3.63, 3.8) is 0 Å². The van der Waals surface area contributed by atoms with E-state index in [0.717, 1.165) is 63.7 Å². The van der Waals surface area contributed by atoms with Crippen molar-refractivity contribution in [3.05, 3.63) is 206 Å². The van der Waals surface area contributed by atoms with Crippen LogP contribution in [-0.4, -0.2) is 64.9 Å². The molecule has 0 saturated carbocycles. The smallest absolute Gasteiger partial charge is 0 e. The second-order valence-electron chi connectivity index (χ2n) is 18.5. The summed E-state index contributed by atoms with van der Waals surface area (Å²) in [5.74, 6) is 0. The monoisotopic (exact) mass is 1190 g/mol. The number of aryl methyl sites for hydroxylation is 6. The van der Waals surface area contributed by atoms with Crippen molar-refractivity contribution in [2.24, 2.45) is 0 Å². The Bertz CT molecular complexity index is 2360. The Morgan fingerprint density at radius 2 is 0.595 bits per heavy atom. The molecule has 0 amide bonds. The molecule has 2 N–H and O–H groups in total. The largest absolute Gasteiger partial charge is 0 e. The molecule has 6 rings (SSSR count). The zero-order valence-corrected chi connectivity index (χ0v) is 53.5. The van der Waals surface area contributed by atoms with E-state index in [1.54, 1.807) is 61.1 Å². The normalized spacial score (nSPS) is 10.0. The van der Waals surface area contributed by atoms with E-state index >= 15 is 0 Å². The number of carbonyl (C=O) groups excluding carboxylic acids is 2. The van der Waals surface area contributed by atoms with Gasteiger partial charge in [-0.25, -0.2) is 0 Å². The Balaban J connectivity index is 0.000000543. The fraction of sp³-hybridized carbons (Fsp3) is 0.387. The SMILES string of the molecule is Cc1c(C)c(C)c([N-]CCNCC[N-]c2c(C)c(C)c(C)c(C)c2C)c(C)c1C.Cc1cc(C)c([N-]CCNCC[N-]c2c(C)cc(C)cc2C)c(C)c1.O=[C-]c1ccccc1.O=[C-]c1ccccc1.[Cl][Zr][Cl].[Zr]. The van der Waals surface area contributed by atoms with Crippen LogP contribution in [0.1, 0.15) is 100 Å². The van der Waals surface area contributed by atoms with Crippen LogP contribution in [0.2, 0.25) is 0 Å². The standard InChI is InChI=1S/C26H39N3.C22H31N3.2C7H5O.2ClH.2Zr/c1-15-17(3)21(7)25(22(8)18(15)4)28-13-11-27-12-14-29-26-23(9)19(5)16(2)20(6)24(26)10;1-15-11-17(3)21(18(4)12-15)24-9-7-23-8-10-25-22-19(5)13-16(2)14-20(22)6;2*8-6-7-4-2-1-3-5-7;;;;/h27H,11-14H2,1-10H3;11-14,23H,7-10H2,1-6H3;2*1-5H;2*1H;;/q2*-2;2*-1;;;;+2/p-2. The minimum absolute atomic E-state index is 0. The molecule has 0 aromatic heterocycles. The third-order valence-electron chi connectivity index (χ3n) is 13.2. The molecule has 12 heteroatoms. The molecule has 0 saturated heterocycles. The summed E-state index contributed by atoms with van der Waals surface area (Å²) in [4.78, 5) is 19.8. The number of halogens is 2. The summed E-state index contributed by atoms with van der Waals surface area (Å²) < 4.78 is 0. The van der Waals surface area contributed by atoms with Gasteiger partial charge < -0.3 is 41.5 Å². The van der Waals surface area contributed by atoms with Gasteiger partial charge in [0.2, 0.25) is 0 Å². The van der Waals surface area contributed by atoms with Gasteiger partial charge in [0.15, 0.2) is 0 Å². The molecule has 0 aliphatic carbocycles. The van der Waals surface area contributed by atoms with Crippen LogP contribution < -0.4 is 10.6 Å². The van der Waals surface area contributed by atoms with Gasteiger partial charge in [-0.2, -0.15) is 35.4 Å². The number of benzene rings is 6. The van der Waals surface area contributed by atoms with Crippen molar-refractivity contribution in [2.45, 2.75) is 111 Å². The van der Waals surface area contributed by atoms with Gasteiger partial charge in [-0.05, 0) is 170 Å². The van der Waals surface area contributed by atoms with E-state index < -0.39 is 20.8 Å². The first-order chi connectivity index (χ1) is 34.7. The van der Waals surface area contributed by atoms with Gasteiger partial charge >= 0.3 is 37.9 Å². The van der Waals surface area contributed by atoms with Crippen molar-refractivity contribution >= 4 is 52.3 Å². The molecule has 0 fully saturated rings. The first-order valence-corrected chi connectivity index (χ1v) is 31.3. The maximum atomic E-state index is 9.88. The molecule has 0 radical (unpaired) electrons. The summed E-state index contributed by atoms with van der Waals surface area (Å²) in [6.45, 7) is 41.5. The zero-order valence-electron chi connectivity index (χ0n) is 47.1. The van der Waals surface area contributed by atoms with Crippen molar-refractivity contribution in [3.8, 4) is 0 Å². The molecule has 0 atom stereocenters. The van der Waals surface area contributed by atoms with E-state index in [-0.39, 0.29) is 26.2 Å². The van der Waals surface area contributed by atoms with Crippen LogP contribution in [0.4, 0.5) is 22.7 Å². The third-order valence-corrected chi connectivity index (χ3v) is 13.2. The Morgan fingerprint density at radius 1 is 0.378 bits per heavy atom. The van der Waals surface area contributed by atoms with E-state index in [9.17, 15) is 9.59 Å².